The van der Waals surface area contributed by atoms with Crippen LogP contribution in [0.4, 0.5) is 4.39 Å². The summed E-state index contributed by atoms with van der Waals surface area (Å²) in [5, 5.41) is 11.1. The van der Waals surface area contributed by atoms with Crippen molar-refractivity contribution < 1.29 is 18.3 Å². The summed E-state index contributed by atoms with van der Waals surface area (Å²) >= 11 is 0. The first-order valence-electron chi connectivity index (χ1n) is 10.7. The summed E-state index contributed by atoms with van der Waals surface area (Å²) in [7, 11) is 0. The molecule has 1 atom stereocenters. The lowest BCUT2D eigenvalue weighted by molar-refractivity contribution is -0.123. The number of para-hydroxylation sites is 1. The summed E-state index contributed by atoms with van der Waals surface area (Å²) in [6.45, 7) is 3.93. The molecule has 0 aliphatic rings. The minimum Gasteiger partial charge on any atom is -0.483 e. The summed E-state index contributed by atoms with van der Waals surface area (Å²) in [5.74, 6) is 0.678. The van der Waals surface area contributed by atoms with Crippen molar-refractivity contribution in [2.75, 3.05) is 6.61 Å². The van der Waals surface area contributed by atoms with Gasteiger partial charge in [-0.15, -0.1) is 10.2 Å². The van der Waals surface area contributed by atoms with Gasteiger partial charge in [0, 0.05) is 5.56 Å². The van der Waals surface area contributed by atoms with E-state index >= 15 is 0 Å². The highest BCUT2D eigenvalue weighted by Gasteiger charge is 2.24. The molecule has 1 unspecified atom stereocenters. The summed E-state index contributed by atoms with van der Waals surface area (Å²) in [6, 6.07) is 22.0. The highest BCUT2D eigenvalue weighted by Crippen LogP contribution is 2.27. The van der Waals surface area contributed by atoms with E-state index in [-0.39, 0.29) is 30.1 Å². The Morgan fingerprint density at radius 1 is 0.970 bits per heavy atom. The summed E-state index contributed by atoms with van der Waals surface area (Å²) in [4.78, 5) is 12.8. The molecule has 0 aliphatic carbocycles. The smallest absolute Gasteiger partial charge is 0.258 e. The molecule has 0 radical (unpaired) electrons. The molecule has 6 nitrogen and oxygen atoms in total. The van der Waals surface area contributed by atoms with E-state index in [1.165, 1.54) is 12.1 Å². The molecule has 1 aromatic heterocycles. The van der Waals surface area contributed by atoms with Gasteiger partial charge in [0.25, 0.3) is 5.91 Å². The third-order valence-electron chi connectivity index (χ3n) is 5.12. The van der Waals surface area contributed by atoms with Gasteiger partial charge in [0.05, 0.1) is 0 Å². The molecule has 0 spiro atoms. The second kappa shape index (κ2) is 10.1. The van der Waals surface area contributed by atoms with Crippen molar-refractivity contribution >= 4 is 5.91 Å². The molecule has 3 aromatic carbocycles. The average molecular weight is 445 g/mol. The predicted octanol–water partition coefficient (Wildman–Crippen LogP) is 5.28. The van der Waals surface area contributed by atoms with E-state index in [9.17, 15) is 9.18 Å². The number of carbonyl (C=O) groups excluding carboxylic acids is 1. The fourth-order valence-corrected chi connectivity index (χ4v) is 3.43. The van der Waals surface area contributed by atoms with E-state index in [1.807, 2.05) is 54.6 Å². The maximum atomic E-state index is 13.5. The van der Waals surface area contributed by atoms with Crippen LogP contribution in [0.2, 0.25) is 0 Å². The van der Waals surface area contributed by atoms with Crippen LogP contribution >= 0.6 is 0 Å². The fraction of sp³-hybridized carbons (Fsp3) is 0.192. The van der Waals surface area contributed by atoms with E-state index in [2.05, 4.69) is 29.4 Å². The van der Waals surface area contributed by atoms with Gasteiger partial charge in [0.15, 0.2) is 6.61 Å². The van der Waals surface area contributed by atoms with Crippen molar-refractivity contribution in [2.45, 2.75) is 25.8 Å². The van der Waals surface area contributed by atoms with E-state index in [1.54, 1.807) is 12.1 Å². The lowest BCUT2D eigenvalue weighted by Gasteiger charge is -2.17. The van der Waals surface area contributed by atoms with Crippen LogP contribution in [0.1, 0.15) is 42.8 Å². The van der Waals surface area contributed by atoms with Crippen LogP contribution in [0.5, 0.6) is 5.75 Å². The van der Waals surface area contributed by atoms with Gasteiger partial charge in [-0.1, -0.05) is 62.4 Å². The first-order chi connectivity index (χ1) is 16.0. The highest BCUT2D eigenvalue weighted by molar-refractivity contribution is 5.78. The Kier molecular flexibility index (Phi) is 6.78. The van der Waals surface area contributed by atoms with Crippen LogP contribution in [0.15, 0.2) is 83.3 Å². The Morgan fingerprint density at radius 2 is 1.67 bits per heavy atom. The van der Waals surface area contributed by atoms with E-state index in [0.717, 1.165) is 11.1 Å². The van der Waals surface area contributed by atoms with Crippen molar-refractivity contribution in [2.24, 2.45) is 0 Å². The molecule has 0 bridgehead atoms. The van der Waals surface area contributed by atoms with Crippen LogP contribution in [0.25, 0.3) is 11.5 Å². The number of carbonyl (C=O) groups is 1. The largest absolute Gasteiger partial charge is 0.483 e. The maximum Gasteiger partial charge on any atom is 0.258 e. The second-order valence-electron chi connectivity index (χ2n) is 7.84. The number of amides is 1. The van der Waals surface area contributed by atoms with Gasteiger partial charge >= 0.3 is 0 Å². The van der Waals surface area contributed by atoms with Crippen molar-refractivity contribution in [3.05, 3.63) is 102 Å². The van der Waals surface area contributed by atoms with E-state index in [0.29, 0.717) is 17.2 Å². The first kappa shape index (κ1) is 22.2. The summed E-state index contributed by atoms with van der Waals surface area (Å²) in [5.41, 5.74) is 2.38. The van der Waals surface area contributed by atoms with Gasteiger partial charge in [-0.05, 0) is 47.4 Å². The second-order valence-corrected chi connectivity index (χ2v) is 7.84. The minimum atomic E-state index is -0.757. The topological polar surface area (TPSA) is 77.2 Å². The SMILES string of the molecule is CC(C)c1ccccc1OCC(=O)NC(c1ccc(F)cc1)c1nnc(-c2ccccc2)o1. The summed E-state index contributed by atoms with van der Waals surface area (Å²) < 4.78 is 25.1. The number of halogens is 1. The quantitative estimate of drug-likeness (QED) is 0.399. The Hall–Kier alpha value is -4.00. The molecule has 7 heteroatoms. The van der Waals surface area contributed by atoms with E-state index in [4.69, 9.17) is 9.15 Å². The van der Waals surface area contributed by atoms with Crippen LogP contribution in [-0.4, -0.2) is 22.7 Å². The molecule has 168 valence electrons. The standard InChI is InChI=1S/C26H24FN3O3/c1-17(2)21-10-6-7-11-22(21)32-16-23(31)28-24(18-12-14-20(27)15-13-18)26-30-29-25(33-26)19-8-4-3-5-9-19/h3-15,17,24H,16H2,1-2H3,(H,28,31). The minimum absolute atomic E-state index is 0.191. The Balaban J connectivity index is 1.54. The van der Waals surface area contributed by atoms with Crippen LogP contribution < -0.4 is 10.1 Å². The number of nitrogens with zero attached hydrogens (tertiary/aromatic N) is 2. The normalized spacial score (nSPS) is 11.9. The molecule has 33 heavy (non-hydrogen) atoms. The van der Waals surface area contributed by atoms with Crippen molar-refractivity contribution in [3.63, 3.8) is 0 Å². The van der Waals surface area contributed by atoms with E-state index < -0.39 is 6.04 Å². The Bertz CT molecular complexity index is 1210. The zero-order valence-electron chi connectivity index (χ0n) is 18.4. The molecule has 4 rings (SSSR count). The zero-order chi connectivity index (χ0) is 23.2. The van der Waals surface area contributed by atoms with Gasteiger partial charge in [0.1, 0.15) is 17.6 Å². The molecular weight excluding hydrogens is 421 g/mol. The summed E-state index contributed by atoms with van der Waals surface area (Å²) in [6.07, 6.45) is 0. The number of aromatic nitrogens is 2. The molecule has 1 heterocycles. The van der Waals surface area contributed by atoms with Gasteiger partial charge in [-0.25, -0.2) is 4.39 Å². The average Bonchev–Trinajstić information content (AvgIpc) is 3.33. The van der Waals surface area contributed by atoms with Crippen molar-refractivity contribution in [1.82, 2.24) is 15.5 Å². The van der Waals surface area contributed by atoms with Crippen LogP contribution in [0, 0.1) is 5.82 Å². The van der Waals surface area contributed by atoms with Crippen LogP contribution in [-0.2, 0) is 4.79 Å². The molecule has 1 N–H and O–H groups in total. The predicted molar refractivity (Wildman–Crippen MR) is 122 cm³/mol. The fourth-order valence-electron chi connectivity index (χ4n) is 3.43. The molecule has 0 saturated carbocycles. The van der Waals surface area contributed by atoms with Crippen molar-refractivity contribution in [1.29, 1.82) is 0 Å². The number of hydrogen-bond acceptors (Lipinski definition) is 5. The number of ether oxygens (including phenoxy) is 1. The maximum absolute atomic E-state index is 13.5. The number of rotatable bonds is 8. The number of nitrogens with one attached hydrogen (secondary N) is 1. The lowest BCUT2D eigenvalue weighted by Crippen LogP contribution is -2.33. The molecule has 0 saturated heterocycles. The third kappa shape index (κ3) is 5.44. The van der Waals surface area contributed by atoms with Crippen molar-refractivity contribution in [3.8, 4) is 17.2 Å². The third-order valence-corrected chi connectivity index (χ3v) is 5.12. The highest BCUT2D eigenvalue weighted by atomic mass is 19.1. The van der Waals surface area contributed by atoms with Crippen LogP contribution in [0.3, 0.4) is 0 Å². The van der Waals surface area contributed by atoms with Gasteiger partial charge in [0.2, 0.25) is 11.8 Å². The molecular formula is C26H24FN3O3. The molecule has 1 amide bonds. The number of hydrogen-bond donors (Lipinski definition) is 1. The lowest BCUT2D eigenvalue weighted by atomic mass is 10.0. The monoisotopic (exact) mass is 445 g/mol. The van der Waals surface area contributed by atoms with Gasteiger partial charge < -0.3 is 14.5 Å². The molecule has 4 aromatic rings. The number of benzene rings is 3. The molecule has 0 fully saturated rings. The molecule has 0 aliphatic heterocycles. The van der Waals surface area contributed by atoms with Gasteiger partial charge in [-0.2, -0.15) is 0 Å². The van der Waals surface area contributed by atoms with Gasteiger partial charge in [-0.3, -0.25) is 4.79 Å². The Morgan fingerprint density at radius 3 is 2.39 bits per heavy atom. The first-order valence-corrected chi connectivity index (χ1v) is 10.7. The zero-order valence-corrected chi connectivity index (χ0v) is 18.4. The Labute approximate surface area is 191 Å².